The Kier molecular flexibility index (Phi) is 7.08. The van der Waals surface area contributed by atoms with Gasteiger partial charge in [0.05, 0.1) is 28.0 Å². The van der Waals surface area contributed by atoms with Crippen LogP contribution >= 0.6 is 11.8 Å². The molecule has 5 nitrogen and oxygen atoms in total. The number of halogens is 3. The third kappa shape index (κ3) is 5.21. The van der Waals surface area contributed by atoms with Crippen molar-refractivity contribution in [2.45, 2.75) is 38.0 Å². The maximum Gasteiger partial charge on any atom is 0.243 e. The molecule has 9 heteroatoms. The van der Waals surface area contributed by atoms with E-state index < -0.39 is 46.7 Å². The van der Waals surface area contributed by atoms with Gasteiger partial charge in [-0.15, -0.1) is 0 Å². The highest BCUT2D eigenvalue weighted by Crippen LogP contribution is 2.29. The summed E-state index contributed by atoms with van der Waals surface area (Å²) in [5.41, 5.74) is 3.61. The summed E-state index contributed by atoms with van der Waals surface area (Å²) in [6, 6.07) is 7.64. The number of amides is 2. The van der Waals surface area contributed by atoms with Crippen LogP contribution in [0.25, 0.3) is 10.9 Å². The highest BCUT2D eigenvalue weighted by Gasteiger charge is 2.19. The van der Waals surface area contributed by atoms with Crippen LogP contribution in [0.4, 0.5) is 18.9 Å². The van der Waals surface area contributed by atoms with Gasteiger partial charge in [0, 0.05) is 5.39 Å². The summed E-state index contributed by atoms with van der Waals surface area (Å²) in [4.78, 5) is 29.1. The van der Waals surface area contributed by atoms with E-state index in [0.29, 0.717) is 11.1 Å². The summed E-state index contributed by atoms with van der Waals surface area (Å²) in [5, 5.41) is 5.74. The molecular weight excluding hydrogens is 439 g/mol. The molecule has 0 aliphatic rings. The molecule has 0 spiro atoms. The number of aryl methyl sites for hydroxylation is 3. The average molecular weight is 462 g/mol. The van der Waals surface area contributed by atoms with E-state index in [4.69, 9.17) is 0 Å². The Labute approximate surface area is 187 Å². The Balaban J connectivity index is 1.62. The Morgan fingerprint density at radius 3 is 2.47 bits per heavy atom. The van der Waals surface area contributed by atoms with Crippen molar-refractivity contribution in [1.29, 1.82) is 0 Å². The molecule has 2 aromatic carbocycles. The lowest BCUT2D eigenvalue weighted by Crippen LogP contribution is -2.37. The molecular formula is C23H22F3N3O2S. The zero-order chi connectivity index (χ0) is 23.6. The van der Waals surface area contributed by atoms with Gasteiger partial charge in [0.1, 0.15) is 0 Å². The number of benzene rings is 2. The molecule has 32 heavy (non-hydrogen) atoms. The minimum Gasteiger partial charge on any atom is -0.346 e. The number of fused-ring (bicyclic) bond motifs is 1. The Morgan fingerprint density at radius 2 is 1.75 bits per heavy atom. The van der Waals surface area contributed by atoms with Gasteiger partial charge < -0.3 is 10.6 Å². The molecule has 0 saturated carbocycles. The maximum absolute atomic E-state index is 13.7. The van der Waals surface area contributed by atoms with E-state index in [2.05, 4.69) is 21.7 Å². The second kappa shape index (κ2) is 9.60. The molecule has 0 bridgehead atoms. The van der Waals surface area contributed by atoms with Crippen molar-refractivity contribution in [3.63, 3.8) is 0 Å². The lowest BCUT2D eigenvalue weighted by Gasteiger charge is -2.14. The fourth-order valence-electron chi connectivity index (χ4n) is 3.24. The van der Waals surface area contributed by atoms with Gasteiger partial charge >= 0.3 is 0 Å². The van der Waals surface area contributed by atoms with Crippen LogP contribution in [0.15, 0.2) is 35.4 Å². The van der Waals surface area contributed by atoms with E-state index in [1.807, 2.05) is 32.9 Å². The highest BCUT2D eigenvalue weighted by molar-refractivity contribution is 8.00. The third-order valence-corrected chi connectivity index (χ3v) is 5.85. The number of hydrogen-bond acceptors (Lipinski definition) is 4. The molecule has 1 atom stereocenters. The minimum atomic E-state index is -1.68. The van der Waals surface area contributed by atoms with Crippen LogP contribution in [0.5, 0.6) is 0 Å². The number of hydrogen-bond donors (Lipinski definition) is 2. The first-order chi connectivity index (χ1) is 15.1. The summed E-state index contributed by atoms with van der Waals surface area (Å²) in [7, 11) is 0. The Bertz CT molecular complexity index is 1220. The SMILES string of the molecule is Cc1cc(C)c2nc(S[C@@H](C)C(=O)NCC(=O)Nc3ccc(F)c(F)c3F)cc(C)c2c1. The second-order valence-electron chi connectivity index (χ2n) is 7.50. The van der Waals surface area contributed by atoms with Gasteiger partial charge in [0.15, 0.2) is 17.5 Å². The van der Waals surface area contributed by atoms with Crippen molar-refractivity contribution < 1.29 is 22.8 Å². The number of anilines is 1. The monoisotopic (exact) mass is 461 g/mol. The molecule has 1 heterocycles. The van der Waals surface area contributed by atoms with Gasteiger partial charge in [-0.2, -0.15) is 0 Å². The molecule has 168 valence electrons. The molecule has 1 aromatic heterocycles. The molecule has 0 aliphatic heterocycles. The number of aromatic nitrogens is 1. The van der Waals surface area contributed by atoms with E-state index in [1.54, 1.807) is 6.92 Å². The number of thioether (sulfide) groups is 1. The Hall–Kier alpha value is -3.07. The standard InChI is InChI=1S/C23H22F3N3O2S/c1-11-7-13(3)22-15(8-11)12(2)9-19(29-22)32-14(4)23(31)27-10-18(30)28-17-6-5-16(24)20(25)21(17)26/h5-9,14H,10H2,1-4H3,(H,27,31)(H,28,30)/t14-/m0/s1. The van der Waals surface area contributed by atoms with Crippen LogP contribution in [0.2, 0.25) is 0 Å². The third-order valence-electron chi connectivity index (χ3n) is 4.83. The first-order valence-electron chi connectivity index (χ1n) is 9.83. The van der Waals surface area contributed by atoms with Crippen molar-refractivity contribution in [2.24, 2.45) is 0 Å². The molecule has 3 aromatic rings. The van der Waals surface area contributed by atoms with Crippen molar-refractivity contribution in [3.05, 3.63) is 64.5 Å². The number of nitrogens with zero attached hydrogens (tertiary/aromatic N) is 1. The summed E-state index contributed by atoms with van der Waals surface area (Å²) in [6.45, 7) is 7.22. The van der Waals surface area contributed by atoms with Gasteiger partial charge in [-0.1, -0.05) is 23.4 Å². The molecule has 2 amide bonds. The van der Waals surface area contributed by atoms with Gasteiger partial charge in [0.25, 0.3) is 0 Å². The predicted molar refractivity (Wildman–Crippen MR) is 119 cm³/mol. The van der Waals surface area contributed by atoms with E-state index in [9.17, 15) is 22.8 Å². The largest absolute Gasteiger partial charge is 0.346 e. The molecule has 2 N–H and O–H groups in total. The van der Waals surface area contributed by atoms with Crippen molar-refractivity contribution >= 4 is 40.2 Å². The summed E-state index contributed by atoms with van der Waals surface area (Å²) in [5.74, 6) is -5.73. The van der Waals surface area contributed by atoms with Crippen molar-refractivity contribution in [2.75, 3.05) is 11.9 Å². The van der Waals surface area contributed by atoms with Gasteiger partial charge in [-0.3, -0.25) is 9.59 Å². The zero-order valence-electron chi connectivity index (χ0n) is 18.0. The minimum absolute atomic E-state index is 0.420. The molecule has 3 rings (SSSR count). The smallest absolute Gasteiger partial charge is 0.243 e. The molecule has 0 aliphatic carbocycles. The van der Waals surface area contributed by atoms with Crippen LogP contribution in [0, 0.1) is 38.2 Å². The topological polar surface area (TPSA) is 71.1 Å². The number of pyridine rings is 1. The van der Waals surface area contributed by atoms with E-state index in [1.165, 1.54) is 11.8 Å². The van der Waals surface area contributed by atoms with E-state index >= 15 is 0 Å². The average Bonchev–Trinajstić information content (AvgIpc) is 2.73. The van der Waals surface area contributed by atoms with Gasteiger partial charge in [0.2, 0.25) is 11.8 Å². The van der Waals surface area contributed by atoms with Crippen LogP contribution in [-0.2, 0) is 9.59 Å². The van der Waals surface area contributed by atoms with Gasteiger partial charge in [-0.25, -0.2) is 18.2 Å². The first-order valence-corrected chi connectivity index (χ1v) is 10.7. The van der Waals surface area contributed by atoms with Crippen LogP contribution < -0.4 is 10.6 Å². The van der Waals surface area contributed by atoms with Crippen LogP contribution in [0.1, 0.15) is 23.6 Å². The Morgan fingerprint density at radius 1 is 1.03 bits per heavy atom. The molecule has 0 unspecified atom stereocenters. The lowest BCUT2D eigenvalue weighted by atomic mass is 10.0. The summed E-state index contributed by atoms with van der Waals surface area (Å²) in [6.07, 6.45) is 0. The predicted octanol–water partition coefficient (Wildman–Crippen LogP) is 4.81. The fourth-order valence-corrected chi connectivity index (χ4v) is 4.18. The number of carbonyl (C=O) groups is 2. The maximum atomic E-state index is 13.7. The van der Waals surface area contributed by atoms with Crippen LogP contribution in [-0.4, -0.2) is 28.6 Å². The lowest BCUT2D eigenvalue weighted by molar-refractivity contribution is -0.123. The number of rotatable bonds is 6. The normalized spacial score (nSPS) is 12.0. The van der Waals surface area contributed by atoms with Crippen LogP contribution in [0.3, 0.4) is 0 Å². The molecule has 0 radical (unpaired) electrons. The zero-order valence-corrected chi connectivity index (χ0v) is 18.8. The second-order valence-corrected chi connectivity index (χ2v) is 8.87. The summed E-state index contributed by atoms with van der Waals surface area (Å²) >= 11 is 1.25. The van der Waals surface area contributed by atoms with Crippen molar-refractivity contribution in [3.8, 4) is 0 Å². The van der Waals surface area contributed by atoms with E-state index in [-0.39, 0.29) is 0 Å². The molecule has 0 fully saturated rings. The fraction of sp³-hybridized carbons (Fsp3) is 0.261. The van der Waals surface area contributed by atoms with Gasteiger partial charge in [-0.05, 0) is 63.1 Å². The van der Waals surface area contributed by atoms with E-state index in [0.717, 1.165) is 33.7 Å². The van der Waals surface area contributed by atoms with Crippen molar-refractivity contribution in [1.82, 2.24) is 10.3 Å². The summed E-state index contributed by atoms with van der Waals surface area (Å²) < 4.78 is 39.9. The quantitative estimate of drug-likeness (QED) is 0.408. The molecule has 0 saturated heterocycles. The highest BCUT2D eigenvalue weighted by atomic mass is 32.2. The number of nitrogens with one attached hydrogen (secondary N) is 2. The first kappa shape index (κ1) is 23.6. The number of carbonyl (C=O) groups excluding carboxylic acids is 2.